The van der Waals surface area contributed by atoms with E-state index in [1.807, 2.05) is 24.5 Å². The maximum absolute atomic E-state index is 6.36. The lowest BCUT2D eigenvalue weighted by atomic mass is 10.2. The largest absolute Gasteiger partial charge is 0.497 e. The number of ether oxygens (including phenoxy) is 3. The maximum atomic E-state index is 6.36. The number of anilines is 5. The molecule has 1 aromatic heterocycles. The number of hydrogen-bond donors (Lipinski definition) is 4. The Hall–Kier alpha value is -3.08. The van der Waals surface area contributed by atoms with Crippen LogP contribution in [0, 0.1) is 0 Å². The first-order valence-electron chi connectivity index (χ1n) is 9.62. The number of nitrogens with one attached hydrogen (secondary N) is 3. The van der Waals surface area contributed by atoms with Crippen molar-refractivity contribution in [1.29, 1.82) is 0 Å². The Kier molecular flexibility index (Phi) is 8.48. The summed E-state index contributed by atoms with van der Waals surface area (Å²) in [6.07, 6.45) is 3.45. The minimum Gasteiger partial charge on any atom is -0.497 e. The SMILES string of the molecule is COc1ccc(Nc2nc(Nc3cc(OCCN)ccc3OC)ncc2Cl)c(NSC)c1. The third-order valence-electron chi connectivity index (χ3n) is 4.24. The van der Waals surface area contributed by atoms with Crippen LogP contribution in [0.3, 0.4) is 0 Å². The number of rotatable bonds is 11. The Morgan fingerprint density at radius 2 is 1.78 bits per heavy atom. The van der Waals surface area contributed by atoms with Crippen molar-refractivity contribution >= 4 is 52.4 Å². The minimum atomic E-state index is 0.332. The highest BCUT2D eigenvalue weighted by atomic mass is 35.5. The summed E-state index contributed by atoms with van der Waals surface area (Å²) < 4.78 is 19.5. The first-order valence-corrected chi connectivity index (χ1v) is 11.2. The first kappa shape index (κ1) is 23.6. The molecule has 11 heteroatoms. The molecule has 2 aromatic carbocycles. The molecule has 3 rings (SSSR count). The van der Waals surface area contributed by atoms with Gasteiger partial charge in [-0.05, 0) is 24.3 Å². The number of nitrogens with zero attached hydrogens (tertiary/aromatic N) is 2. The quantitative estimate of drug-likeness (QED) is 0.291. The van der Waals surface area contributed by atoms with Crippen LogP contribution in [0.2, 0.25) is 5.02 Å². The summed E-state index contributed by atoms with van der Waals surface area (Å²) in [5, 5.41) is 6.77. The molecule has 0 saturated heterocycles. The molecule has 1 heterocycles. The van der Waals surface area contributed by atoms with Crippen LogP contribution in [0.25, 0.3) is 0 Å². The Morgan fingerprint density at radius 3 is 2.50 bits per heavy atom. The lowest BCUT2D eigenvalue weighted by molar-refractivity contribution is 0.327. The number of methoxy groups -OCH3 is 2. The summed E-state index contributed by atoms with van der Waals surface area (Å²) in [6, 6.07) is 11.0. The van der Waals surface area contributed by atoms with Crippen molar-refractivity contribution in [2.45, 2.75) is 0 Å². The van der Waals surface area contributed by atoms with Gasteiger partial charge in [-0.15, -0.1) is 0 Å². The van der Waals surface area contributed by atoms with E-state index in [0.717, 1.165) is 17.1 Å². The van der Waals surface area contributed by atoms with Gasteiger partial charge in [0, 0.05) is 24.9 Å². The lowest BCUT2D eigenvalue weighted by Crippen LogP contribution is -2.10. The standard InChI is InChI=1S/C21H25ClN6O3S/c1-29-13-4-6-16(17(10-13)28-32-3)25-20-15(22)12-24-21(27-20)26-18-11-14(31-9-8-23)5-7-19(18)30-2/h4-7,10-12,28H,8-9,23H2,1-3H3,(H2,24,25,26,27). The van der Waals surface area contributed by atoms with Gasteiger partial charge in [0.05, 0.1) is 37.5 Å². The van der Waals surface area contributed by atoms with Gasteiger partial charge in [0.1, 0.15) is 28.9 Å². The topological polar surface area (TPSA) is 116 Å². The van der Waals surface area contributed by atoms with E-state index < -0.39 is 0 Å². The fourth-order valence-electron chi connectivity index (χ4n) is 2.77. The molecule has 0 fully saturated rings. The Labute approximate surface area is 196 Å². The van der Waals surface area contributed by atoms with Crippen molar-refractivity contribution in [3.05, 3.63) is 47.6 Å². The number of nitrogens with two attached hydrogens (primary N) is 1. The van der Waals surface area contributed by atoms with Crippen LogP contribution in [-0.2, 0) is 0 Å². The number of hydrogen-bond acceptors (Lipinski definition) is 10. The zero-order valence-electron chi connectivity index (χ0n) is 17.9. The molecule has 170 valence electrons. The highest BCUT2D eigenvalue weighted by Gasteiger charge is 2.12. The van der Waals surface area contributed by atoms with Crippen molar-refractivity contribution in [3.8, 4) is 17.2 Å². The zero-order chi connectivity index (χ0) is 22.9. The van der Waals surface area contributed by atoms with Crippen LogP contribution in [-0.4, -0.2) is 43.6 Å². The van der Waals surface area contributed by atoms with E-state index in [4.69, 9.17) is 31.5 Å². The fraction of sp³-hybridized carbons (Fsp3) is 0.238. The Morgan fingerprint density at radius 1 is 1.00 bits per heavy atom. The van der Waals surface area contributed by atoms with Crippen LogP contribution < -0.4 is 35.3 Å². The van der Waals surface area contributed by atoms with Gasteiger partial charge in [-0.2, -0.15) is 4.98 Å². The van der Waals surface area contributed by atoms with Crippen LogP contribution in [0.5, 0.6) is 17.2 Å². The summed E-state index contributed by atoms with van der Waals surface area (Å²) in [6.45, 7) is 0.828. The van der Waals surface area contributed by atoms with Crippen LogP contribution in [0.4, 0.5) is 28.8 Å². The molecule has 0 aliphatic heterocycles. The summed E-state index contributed by atoms with van der Waals surface area (Å²) in [4.78, 5) is 8.81. The summed E-state index contributed by atoms with van der Waals surface area (Å²) in [7, 11) is 3.20. The highest BCUT2D eigenvalue weighted by molar-refractivity contribution is 7.99. The summed E-state index contributed by atoms with van der Waals surface area (Å²) in [5.74, 6) is 2.76. The van der Waals surface area contributed by atoms with Crippen molar-refractivity contribution in [2.24, 2.45) is 5.73 Å². The van der Waals surface area contributed by atoms with Gasteiger partial charge in [-0.1, -0.05) is 23.5 Å². The molecule has 0 saturated carbocycles. The van der Waals surface area contributed by atoms with Crippen molar-refractivity contribution in [3.63, 3.8) is 0 Å². The lowest BCUT2D eigenvalue weighted by Gasteiger charge is -2.16. The van der Waals surface area contributed by atoms with Gasteiger partial charge in [0.15, 0.2) is 5.82 Å². The summed E-state index contributed by atoms with van der Waals surface area (Å²) >= 11 is 7.82. The average molecular weight is 477 g/mol. The van der Waals surface area contributed by atoms with E-state index >= 15 is 0 Å². The second kappa shape index (κ2) is 11.5. The average Bonchev–Trinajstić information content (AvgIpc) is 2.81. The maximum Gasteiger partial charge on any atom is 0.229 e. The first-order chi connectivity index (χ1) is 15.6. The Bertz CT molecular complexity index is 1060. The van der Waals surface area contributed by atoms with Crippen molar-refractivity contribution in [1.82, 2.24) is 9.97 Å². The smallest absolute Gasteiger partial charge is 0.229 e. The predicted octanol–water partition coefficient (Wildman–Crippen LogP) is 4.66. The van der Waals surface area contributed by atoms with E-state index in [2.05, 4.69) is 25.3 Å². The van der Waals surface area contributed by atoms with Crippen molar-refractivity contribution in [2.75, 3.05) is 49.0 Å². The number of halogens is 1. The molecular weight excluding hydrogens is 452 g/mol. The molecule has 0 amide bonds. The highest BCUT2D eigenvalue weighted by Crippen LogP contribution is 2.34. The molecule has 0 radical (unpaired) electrons. The van der Waals surface area contributed by atoms with Gasteiger partial charge < -0.3 is 35.3 Å². The minimum absolute atomic E-state index is 0.332. The van der Waals surface area contributed by atoms with E-state index in [-0.39, 0.29) is 0 Å². The van der Waals surface area contributed by atoms with Crippen LogP contribution in [0.1, 0.15) is 0 Å². The molecular formula is C21H25ClN6O3S. The normalized spacial score (nSPS) is 10.4. The number of aromatic nitrogens is 2. The van der Waals surface area contributed by atoms with E-state index in [9.17, 15) is 0 Å². The molecule has 9 nitrogen and oxygen atoms in total. The van der Waals surface area contributed by atoms with Crippen LogP contribution in [0.15, 0.2) is 42.6 Å². The van der Waals surface area contributed by atoms with Crippen molar-refractivity contribution < 1.29 is 14.2 Å². The Balaban J connectivity index is 1.87. The molecule has 3 aromatic rings. The van der Waals surface area contributed by atoms with Gasteiger partial charge in [0.25, 0.3) is 0 Å². The third kappa shape index (κ3) is 6.00. The second-order valence-corrected chi connectivity index (χ2v) is 7.38. The molecule has 32 heavy (non-hydrogen) atoms. The predicted molar refractivity (Wildman–Crippen MR) is 131 cm³/mol. The summed E-state index contributed by atoms with van der Waals surface area (Å²) in [5.41, 5.74) is 7.76. The van der Waals surface area contributed by atoms with Gasteiger partial charge >= 0.3 is 0 Å². The molecule has 0 unspecified atom stereocenters. The van der Waals surface area contributed by atoms with Crippen LogP contribution >= 0.6 is 23.5 Å². The zero-order valence-corrected chi connectivity index (χ0v) is 19.5. The molecule has 0 spiro atoms. The van der Waals surface area contributed by atoms with Gasteiger partial charge in [-0.3, -0.25) is 0 Å². The van der Waals surface area contributed by atoms with E-state index in [1.54, 1.807) is 32.4 Å². The molecule has 0 aliphatic rings. The van der Waals surface area contributed by atoms with E-state index in [1.165, 1.54) is 18.1 Å². The molecule has 0 bridgehead atoms. The van der Waals surface area contributed by atoms with E-state index in [0.29, 0.717) is 47.1 Å². The number of benzene rings is 2. The monoisotopic (exact) mass is 476 g/mol. The molecule has 0 aliphatic carbocycles. The fourth-order valence-corrected chi connectivity index (χ4v) is 3.30. The second-order valence-electron chi connectivity index (χ2n) is 6.36. The third-order valence-corrected chi connectivity index (χ3v) is 4.94. The van der Waals surface area contributed by atoms with Gasteiger partial charge in [0.2, 0.25) is 5.95 Å². The molecule has 5 N–H and O–H groups in total. The van der Waals surface area contributed by atoms with Gasteiger partial charge in [-0.25, -0.2) is 4.98 Å². The molecule has 0 atom stereocenters.